The fourth-order valence-electron chi connectivity index (χ4n) is 2.76. The van der Waals surface area contributed by atoms with Crippen LogP contribution in [0.5, 0.6) is 0 Å². The summed E-state index contributed by atoms with van der Waals surface area (Å²) in [4.78, 5) is 24.1. The smallest absolute Gasteiger partial charge is 0.339 e. The van der Waals surface area contributed by atoms with Crippen molar-refractivity contribution in [2.45, 2.75) is 13.5 Å². The second-order valence-corrected chi connectivity index (χ2v) is 5.72. The summed E-state index contributed by atoms with van der Waals surface area (Å²) < 4.78 is 0. The third kappa shape index (κ3) is 3.65. The second kappa shape index (κ2) is 6.75. The minimum absolute atomic E-state index is 0.163. The number of aromatic nitrogens is 2. The van der Waals surface area contributed by atoms with Crippen LogP contribution in [0.4, 0.5) is 5.95 Å². The lowest BCUT2D eigenvalue weighted by Crippen LogP contribution is -2.46. The fraction of sp³-hybridized carbons (Fsp3) is 0.353. The van der Waals surface area contributed by atoms with Gasteiger partial charge < -0.3 is 10.0 Å². The first-order chi connectivity index (χ1) is 11.1. The van der Waals surface area contributed by atoms with Gasteiger partial charge in [0.1, 0.15) is 0 Å². The van der Waals surface area contributed by atoms with Crippen LogP contribution in [0.2, 0.25) is 0 Å². The molecule has 1 N–H and O–H groups in total. The molecule has 1 fully saturated rings. The summed E-state index contributed by atoms with van der Waals surface area (Å²) in [6.07, 6.45) is 1.40. The molecule has 1 aliphatic heterocycles. The van der Waals surface area contributed by atoms with E-state index in [1.165, 1.54) is 11.8 Å². The standard InChI is InChI=1S/C17H20N4O2/c1-13-15(16(22)23)11-18-17(19-13)21-9-7-20(8-10-21)12-14-5-3-2-4-6-14/h2-6,11H,7-10,12H2,1H3,(H,22,23). The van der Waals surface area contributed by atoms with Gasteiger partial charge in [0.15, 0.2) is 0 Å². The van der Waals surface area contributed by atoms with E-state index >= 15 is 0 Å². The molecule has 0 radical (unpaired) electrons. The minimum Gasteiger partial charge on any atom is -0.478 e. The number of nitrogens with zero attached hydrogens (tertiary/aromatic N) is 4. The Morgan fingerprint density at radius 3 is 2.48 bits per heavy atom. The summed E-state index contributed by atoms with van der Waals surface area (Å²) in [6, 6.07) is 10.4. The molecule has 0 bridgehead atoms. The average molecular weight is 312 g/mol. The molecular formula is C17H20N4O2. The summed E-state index contributed by atoms with van der Waals surface area (Å²) in [5.74, 6) is -0.367. The molecule has 0 unspecified atom stereocenters. The summed E-state index contributed by atoms with van der Waals surface area (Å²) in [6.45, 7) is 6.24. The van der Waals surface area contributed by atoms with E-state index in [0.717, 1.165) is 32.7 Å². The van der Waals surface area contributed by atoms with E-state index in [1.54, 1.807) is 6.92 Å². The van der Waals surface area contributed by atoms with E-state index in [2.05, 4.69) is 44.0 Å². The Hall–Kier alpha value is -2.47. The van der Waals surface area contributed by atoms with Crippen molar-refractivity contribution in [1.82, 2.24) is 14.9 Å². The van der Waals surface area contributed by atoms with Crippen molar-refractivity contribution >= 4 is 11.9 Å². The highest BCUT2D eigenvalue weighted by Crippen LogP contribution is 2.15. The third-order valence-corrected chi connectivity index (χ3v) is 4.10. The van der Waals surface area contributed by atoms with E-state index in [1.807, 2.05) is 6.07 Å². The van der Waals surface area contributed by atoms with Crippen LogP contribution in [-0.4, -0.2) is 52.1 Å². The molecule has 0 aliphatic carbocycles. The number of benzene rings is 1. The third-order valence-electron chi connectivity index (χ3n) is 4.10. The Kier molecular flexibility index (Phi) is 4.52. The number of rotatable bonds is 4. The van der Waals surface area contributed by atoms with Crippen LogP contribution in [0, 0.1) is 6.92 Å². The van der Waals surface area contributed by atoms with Gasteiger partial charge in [-0.3, -0.25) is 4.90 Å². The summed E-state index contributed by atoms with van der Waals surface area (Å²) in [7, 11) is 0. The zero-order valence-corrected chi connectivity index (χ0v) is 13.1. The molecule has 1 aliphatic rings. The molecule has 0 spiro atoms. The highest BCUT2D eigenvalue weighted by atomic mass is 16.4. The predicted octanol–water partition coefficient (Wildman–Crippen LogP) is 1.81. The maximum Gasteiger partial charge on any atom is 0.339 e. The molecule has 1 aromatic carbocycles. The van der Waals surface area contributed by atoms with Crippen LogP contribution in [0.3, 0.4) is 0 Å². The molecule has 3 rings (SSSR count). The molecule has 6 nitrogen and oxygen atoms in total. The quantitative estimate of drug-likeness (QED) is 0.928. The van der Waals surface area contributed by atoms with Crippen molar-refractivity contribution in [3.8, 4) is 0 Å². The van der Waals surface area contributed by atoms with E-state index in [9.17, 15) is 4.79 Å². The molecule has 1 aromatic heterocycles. The van der Waals surface area contributed by atoms with Gasteiger partial charge in [0.2, 0.25) is 5.95 Å². The van der Waals surface area contributed by atoms with Crippen molar-refractivity contribution in [3.63, 3.8) is 0 Å². The van der Waals surface area contributed by atoms with Gasteiger partial charge in [0.25, 0.3) is 0 Å². The van der Waals surface area contributed by atoms with Crippen LogP contribution in [-0.2, 0) is 6.54 Å². The maximum atomic E-state index is 11.0. The van der Waals surface area contributed by atoms with E-state index in [-0.39, 0.29) is 5.56 Å². The lowest BCUT2D eigenvalue weighted by atomic mass is 10.2. The Morgan fingerprint density at radius 1 is 1.17 bits per heavy atom. The van der Waals surface area contributed by atoms with Crippen molar-refractivity contribution in [2.75, 3.05) is 31.1 Å². The molecule has 2 aromatic rings. The van der Waals surface area contributed by atoms with Gasteiger partial charge in [-0.2, -0.15) is 0 Å². The topological polar surface area (TPSA) is 69.6 Å². The van der Waals surface area contributed by atoms with Crippen molar-refractivity contribution in [1.29, 1.82) is 0 Å². The fourth-order valence-corrected chi connectivity index (χ4v) is 2.76. The van der Waals surface area contributed by atoms with Crippen molar-refractivity contribution < 1.29 is 9.90 Å². The summed E-state index contributed by atoms with van der Waals surface area (Å²) in [5.41, 5.74) is 1.99. The number of piperazine rings is 1. The first-order valence-corrected chi connectivity index (χ1v) is 7.71. The van der Waals surface area contributed by atoms with Gasteiger partial charge in [0, 0.05) is 38.9 Å². The number of hydrogen-bond donors (Lipinski definition) is 1. The Balaban J connectivity index is 1.60. The van der Waals surface area contributed by atoms with Crippen LogP contribution in [0.1, 0.15) is 21.6 Å². The van der Waals surface area contributed by atoms with Gasteiger partial charge in [-0.1, -0.05) is 30.3 Å². The zero-order chi connectivity index (χ0) is 16.2. The number of anilines is 1. The summed E-state index contributed by atoms with van der Waals surface area (Å²) >= 11 is 0. The molecule has 2 heterocycles. The highest BCUT2D eigenvalue weighted by molar-refractivity contribution is 5.88. The van der Waals surface area contributed by atoms with E-state index < -0.39 is 5.97 Å². The van der Waals surface area contributed by atoms with Crippen LogP contribution in [0.15, 0.2) is 36.5 Å². The minimum atomic E-state index is -0.985. The van der Waals surface area contributed by atoms with E-state index in [4.69, 9.17) is 5.11 Å². The Bertz CT molecular complexity index is 682. The normalized spacial score (nSPS) is 15.6. The summed E-state index contributed by atoms with van der Waals surface area (Å²) in [5, 5.41) is 9.04. The number of aromatic carboxylic acids is 1. The Morgan fingerprint density at radius 2 is 1.87 bits per heavy atom. The van der Waals surface area contributed by atoms with Gasteiger partial charge >= 0.3 is 5.97 Å². The van der Waals surface area contributed by atoms with Gasteiger partial charge in [-0.15, -0.1) is 0 Å². The van der Waals surface area contributed by atoms with E-state index in [0.29, 0.717) is 11.6 Å². The number of carboxylic acid groups (broad SMARTS) is 1. The molecular weight excluding hydrogens is 292 g/mol. The molecule has 0 amide bonds. The first-order valence-electron chi connectivity index (χ1n) is 7.71. The molecule has 0 saturated carbocycles. The van der Waals surface area contributed by atoms with Gasteiger partial charge in [-0.05, 0) is 12.5 Å². The Labute approximate surface area is 135 Å². The number of carbonyl (C=O) groups is 1. The van der Waals surface area contributed by atoms with Gasteiger partial charge in [0.05, 0.1) is 11.3 Å². The lowest BCUT2D eigenvalue weighted by molar-refractivity contribution is 0.0695. The molecule has 6 heteroatoms. The number of aryl methyl sites for hydroxylation is 1. The molecule has 1 saturated heterocycles. The molecule has 120 valence electrons. The van der Waals surface area contributed by atoms with Crippen LogP contribution < -0.4 is 4.90 Å². The second-order valence-electron chi connectivity index (χ2n) is 5.72. The predicted molar refractivity (Wildman–Crippen MR) is 87.7 cm³/mol. The van der Waals surface area contributed by atoms with Crippen molar-refractivity contribution in [3.05, 3.63) is 53.3 Å². The first kappa shape index (κ1) is 15.4. The lowest BCUT2D eigenvalue weighted by Gasteiger charge is -2.34. The van der Waals surface area contributed by atoms with Crippen LogP contribution in [0.25, 0.3) is 0 Å². The monoisotopic (exact) mass is 312 g/mol. The van der Waals surface area contributed by atoms with Crippen LogP contribution >= 0.6 is 0 Å². The van der Waals surface area contributed by atoms with Crippen molar-refractivity contribution in [2.24, 2.45) is 0 Å². The largest absolute Gasteiger partial charge is 0.478 e. The zero-order valence-electron chi connectivity index (χ0n) is 13.1. The van der Waals surface area contributed by atoms with Gasteiger partial charge in [-0.25, -0.2) is 14.8 Å². The molecule has 0 atom stereocenters. The average Bonchev–Trinajstić information content (AvgIpc) is 2.56. The number of hydrogen-bond acceptors (Lipinski definition) is 5. The highest BCUT2D eigenvalue weighted by Gasteiger charge is 2.20. The maximum absolute atomic E-state index is 11.0. The molecule has 23 heavy (non-hydrogen) atoms. The number of carboxylic acids is 1. The SMILES string of the molecule is Cc1nc(N2CCN(Cc3ccccc3)CC2)ncc1C(=O)O.